The van der Waals surface area contributed by atoms with Gasteiger partial charge >= 0.3 is 0 Å². The summed E-state index contributed by atoms with van der Waals surface area (Å²) in [7, 11) is -3.51. The van der Waals surface area contributed by atoms with Crippen LogP contribution in [-0.2, 0) is 23.1 Å². The highest BCUT2D eigenvalue weighted by atomic mass is 32.2. The van der Waals surface area contributed by atoms with Gasteiger partial charge in [0.1, 0.15) is 0 Å². The normalized spacial score (nSPS) is 16.0. The number of benzene rings is 1. The molecule has 158 valence electrons. The molecule has 1 aliphatic rings. The molecule has 8 nitrogen and oxygen atoms in total. The number of nitrogens with zero attached hydrogens (tertiary/aromatic N) is 4. The maximum atomic E-state index is 12.9. The molecule has 1 amide bonds. The predicted molar refractivity (Wildman–Crippen MR) is 111 cm³/mol. The van der Waals surface area contributed by atoms with Crippen molar-refractivity contribution in [1.29, 1.82) is 0 Å². The standard InChI is InChI=1S/C20H29N5O3S/c1-3-22-29(27,28)19-8-6-18(7-9-19)20(26)24-11-5-10-23(12-13-24)15-17-14-21-25(4-2)16-17/h6-9,14,16,22H,3-5,10-13,15H2,1-2H3. The Balaban J connectivity index is 1.60. The quantitative estimate of drug-likeness (QED) is 0.736. The van der Waals surface area contributed by atoms with E-state index in [4.69, 9.17) is 0 Å². The Kier molecular flexibility index (Phi) is 7.05. The molecule has 1 saturated heterocycles. The molecule has 1 aromatic carbocycles. The fourth-order valence-corrected chi connectivity index (χ4v) is 4.52. The van der Waals surface area contributed by atoms with Crippen LogP contribution < -0.4 is 4.72 Å². The number of nitrogens with one attached hydrogen (secondary N) is 1. The van der Waals surface area contributed by atoms with Gasteiger partial charge in [0, 0.05) is 63.1 Å². The lowest BCUT2D eigenvalue weighted by molar-refractivity contribution is 0.0761. The predicted octanol–water partition coefficient (Wildman–Crippen LogP) is 1.55. The number of rotatable bonds is 7. The van der Waals surface area contributed by atoms with Crippen molar-refractivity contribution in [3.63, 3.8) is 0 Å². The minimum atomic E-state index is -3.51. The lowest BCUT2D eigenvalue weighted by Crippen LogP contribution is -2.35. The topological polar surface area (TPSA) is 87.5 Å². The van der Waals surface area contributed by atoms with Gasteiger partial charge in [-0.3, -0.25) is 14.4 Å². The van der Waals surface area contributed by atoms with Crippen molar-refractivity contribution < 1.29 is 13.2 Å². The van der Waals surface area contributed by atoms with Crippen molar-refractivity contribution in [2.24, 2.45) is 0 Å². The average Bonchev–Trinajstić information content (AvgIpc) is 3.04. The lowest BCUT2D eigenvalue weighted by Gasteiger charge is -2.22. The molecule has 1 aliphatic heterocycles. The first-order valence-corrected chi connectivity index (χ1v) is 11.5. The summed E-state index contributed by atoms with van der Waals surface area (Å²) in [5.74, 6) is -0.0574. The second-order valence-corrected chi connectivity index (χ2v) is 8.92. The van der Waals surface area contributed by atoms with E-state index in [0.717, 1.165) is 32.6 Å². The number of carbonyl (C=O) groups is 1. The van der Waals surface area contributed by atoms with Crippen molar-refractivity contribution in [3.8, 4) is 0 Å². The van der Waals surface area contributed by atoms with E-state index in [-0.39, 0.29) is 10.8 Å². The Morgan fingerprint density at radius 2 is 1.86 bits per heavy atom. The average molecular weight is 420 g/mol. The van der Waals surface area contributed by atoms with Gasteiger partial charge < -0.3 is 4.90 Å². The third kappa shape index (κ3) is 5.43. The molecule has 0 atom stereocenters. The summed E-state index contributed by atoms with van der Waals surface area (Å²) in [5.41, 5.74) is 1.70. The molecule has 0 saturated carbocycles. The highest BCUT2D eigenvalue weighted by Gasteiger charge is 2.21. The van der Waals surface area contributed by atoms with Crippen LogP contribution in [0.2, 0.25) is 0 Å². The summed E-state index contributed by atoms with van der Waals surface area (Å²) in [4.78, 5) is 17.2. The highest BCUT2D eigenvalue weighted by molar-refractivity contribution is 7.89. The van der Waals surface area contributed by atoms with Crippen molar-refractivity contribution >= 4 is 15.9 Å². The van der Waals surface area contributed by atoms with E-state index >= 15 is 0 Å². The molecule has 2 heterocycles. The van der Waals surface area contributed by atoms with E-state index in [0.29, 0.717) is 25.2 Å². The third-order valence-electron chi connectivity index (χ3n) is 5.04. The van der Waals surface area contributed by atoms with Crippen LogP contribution in [0.3, 0.4) is 0 Å². The fourth-order valence-electron chi connectivity index (χ4n) is 3.48. The lowest BCUT2D eigenvalue weighted by atomic mass is 10.2. The first-order chi connectivity index (χ1) is 13.9. The van der Waals surface area contributed by atoms with E-state index in [9.17, 15) is 13.2 Å². The van der Waals surface area contributed by atoms with Gasteiger partial charge in [0.15, 0.2) is 0 Å². The SMILES string of the molecule is CCNS(=O)(=O)c1ccc(C(=O)N2CCCN(Cc3cnn(CC)c3)CC2)cc1. The number of hydrogen-bond donors (Lipinski definition) is 1. The van der Waals surface area contributed by atoms with Crippen LogP contribution in [0.5, 0.6) is 0 Å². The van der Waals surface area contributed by atoms with Gasteiger partial charge in [-0.25, -0.2) is 13.1 Å². The van der Waals surface area contributed by atoms with Crippen LogP contribution in [0.4, 0.5) is 0 Å². The van der Waals surface area contributed by atoms with E-state index in [1.54, 1.807) is 19.1 Å². The van der Waals surface area contributed by atoms with Gasteiger partial charge in [0.2, 0.25) is 10.0 Å². The molecule has 3 rings (SSSR count). The summed E-state index contributed by atoms with van der Waals surface area (Å²) < 4.78 is 28.5. The zero-order chi connectivity index (χ0) is 20.9. The zero-order valence-electron chi connectivity index (χ0n) is 17.0. The van der Waals surface area contributed by atoms with Gasteiger partial charge in [0.25, 0.3) is 5.91 Å². The number of amides is 1. The van der Waals surface area contributed by atoms with Gasteiger partial charge in [0.05, 0.1) is 11.1 Å². The number of sulfonamides is 1. The highest BCUT2D eigenvalue weighted by Crippen LogP contribution is 2.15. The van der Waals surface area contributed by atoms with Crippen LogP contribution >= 0.6 is 0 Å². The van der Waals surface area contributed by atoms with Gasteiger partial charge in [-0.2, -0.15) is 5.10 Å². The van der Waals surface area contributed by atoms with E-state index < -0.39 is 10.0 Å². The molecule has 29 heavy (non-hydrogen) atoms. The molecule has 0 aliphatic carbocycles. The van der Waals surface area contributed by atoms with Crippen LogP contribution in [0.1, 0.15) is 36.2 Å². The summed E-state index contributed by atoms with van der Waals surface area (Å²) in [6.07, 6.45) is 4.87. The molecule has 1 aromatic heterocycles. The van der Waals surface area contributed by atoms with Crippen molar-refractivity contribution in [2.75, 3.05) is 32.7 Å². The molecule has 9 heteroatoms. The van der Waals surface area contributed by atoms with E-state index in [1.807, 2.05) is 15.8 Å². The molecule has 1 N–H and O–H groups in total. The van der Waals surface area contributed by atoms with Crippen LogP contribution in [0.25, 0.3) is 0 Å². The largest absolute Gasteiger partial charge is 0.337 e. The Bertz CT molecular complexity index is 924. The Hall–Kier alpha value is -2.23. The molecule has 1 fully saturated rings. The minimum absolute atomic E-state index is 0.0574. The molecular weight excluding hydrogens is 390 g/mol. The van der Waals surface area contributed by atoms with Gasteiger partial charge in [-0.15, -0.1) is 0 Å². The molecule has 0 spiro atoms. The van der Waals surface area contributed by atoms with Crippen LogP contribution in [-0.4, -0.2) is 66.6 Å². The van der Waals surface area contributed by atoms with Crippen molar-refractivity contribution in [3.05, 3.63) is 47.8 Å². The van der Waals surface area contributed by atoms with Crippen molar-refractivity contribution in [2.45, 2.75) is 38.3 Å². The molecule has 2 aromatic rings. The van der Waals surface area contributed by atoms with Crippen LogP contribution in [0.15, 0.2) is 41.6 Å². The molecule has 0 radical (unpaired) electrons. The fraction of sp³-hybridized carbons (Fsp3) is 0.500. The molecular formula is C20H29N5O3S. The number of aryl methyl sites for hydroxylation is 1. The number of hydrogen-bond acceptors (Lipinski definition) is 5. The first kappa shape index (κ1) is 21.5. The second-order valence-electron chi connectivity index (χ2n) is 7.15. The Morgan fingerprint density at radius 3 is 2.52 bits per heavy atom. The summed E-state index contributed by atoms with van der Waals surface area (Å²) >= 11 is 0. The van der Waals surface area contributed by atoms with Crippen molar-refractivity contribution in [1.82, 2.24) is 24.3 Å². The molecule has 0 unspecified atom stereocenters. The Morgan fingerprint density at radius 1 is 1.10 bits per heavy atom. The number of carbonyl (C=O) groups excluding carboxylic acids is 1. The van der Waals surface area contributed by atoms with Gasteiger partial charge in [-0.05, 0) is 37.6 Å². The maximum absolute atomic E-state index is 12.9. The number of aromatic nitrogens is 2. The summed E-state index contributed by atoms with van der Waals surface area (Å²) in [6, 6.07) is 6.16. The maximum Gasteiger partial charge on any atom is 0.253 e. The smallest absolute Gasteiger partial charge is 0.253 e. The minimum Gasteiger partial charge on any atom is -0.337 e. The first-order valence-electron chi connectivity index (χ1n) is 10.1. The monoisotopic (exact) mass is 419 g/mol. The summed E-state index contributed by atoms with van der Waals surface area (Å²) in [6.45, 7) is 8.89. The molecule has 0 bridgehead atoms. The Labute approximate surface area is 172 Å². The third-order valence-corrected chi connectivity index (χ3v) is 6.60. The van der Waals surface area contributed by atoms with E-state index in [1.165, 1.54) is 17.7 Å². The summed E-state index contributed by atoms with van der Waals surface area (Å²) in [5, 5.41) is 4.32. The van der Waals surface area contributed by atoms with Gasteiger partial charge in [-0.1, -0.05) is 6.92 Å². The van der Waals surface area contributed by atoms with Crippen LogP contribution in [0, 0.1) is 0 Å². The second kappa shape index (κ2) is 9.51. The zero-order valence-corrected chi connectivity index (χ0v) is 17.9. The van der Waals surface area contributed by atoms with E-state index in [2.05, 4.69) is 27.8 Å².